The Hall–Kier alpha value is -3.40. The fourth-order valence-electron chi connectivity index (χ4n) is 3.74. The van der Waals surface area contributed by atoms with Gasteiger partial charge in [0.15, 0.2) is 11.6 Å². The van der Waals surface area contributed by atoms with Crippen LogP contribution in [0, 0.1) is 5.82 Å². The summed E-state index contributed by atoms with van der Waals surface area (Å²) in [6.45, 7) is 3.58. The molecule has 1 fully saturated rings. The van der Waals surface area contributed by atoms with Crippen LogP contribution in [0.4, 0.5) is 27.9 Å². The summed E-state index contributed by atoms with van der Waals surface area (Å²) in [5.74, 6) is 1.57. The highest BCUT2D eigenvalue weighted by Gasteiger charge is 2.24. The number of aromatic nitrogens is 3. The molecule has 0 spiro atoms. The molecular weight excluding hydrogens is 413 g/mol. The lowest BCUT2D eigenvalue weighted by Gasteiger charge is -2.24. The summed E-state index contributed by atoms with van der Waals surface area (Å²) >= 11 is 0. The normalized spacial score (nSPS) is 16.5. The molecule has 0 amide bonds. The molecule has 1 aromatic carbocycles. The molecule has 0 aliphatic carbocycles. The third kappa shape index (κ3) is 5.44. The zero-order valence-corrected chi connectivity index (χ0v) is 18.2. The largest absolute Gasteiger partial charge is 0.494 e. The molecule has 4 rings (SSSR count). The molecule has 2 aromatic heterocycles. The SMILES string of the molecule is CCC(Nc1nc(NCc2ccco2)nc(Nc2ccc(OC)c(F)c2)n1)C1CCCN1. The van der Waals surface area contributed by atoms with Crippen molar-refractivity contribution in [1.29, 1.82) is 0 Å². The van der Waals surface area contributed by atoms with E-state index in [1.807, 2.05) is 12.1 Å². The van der Waals surface area contributed by atoms with Crippen LogP contribution in [0.15, 0.2) is 41.0 Å². The maximum atomic E-state index is 14.1. The molecule has 3 aromatic rings. The van der Waals surface area contributed by atoms with Gasteiger partial charge >= 0.3 is 0 Å². The number of hydrogen-bond acceptors (Lipinski definition) is 9. The minimum Gasteiger partial charge on any atom is -0.494 e. The van der Waals surface area contributed by atoms with Crippen molar-refractivity contribution in [2.24, 2.45) is 0 Å². The van der Waals surface area contributed by atoms with Gasteiger partial charge in [0.25, 0.3) is 0 Å². The molecule has 170 valence electrons. The van der Waals surface area contributed by atoms with E-state index in [1.165, 1.54) is 13.2 Å². The molecule has 1 aliphatic rings. The predicted octanol–water partition coefficient (Wildman–Crippen LogP) is 3.91. The molecule has 1 saturated heterocycles. The molecule has 0 saturated carbocycles. The molecule has 3 heterocycles. The van der Waals surface area contributed by atoms with Gasteiger partial charge in [0.2, 0.25) is 17.8 Å². The number of nitrogens with zero attached hydrogens (tertiary/aromatic N) is 3. The van der Waals surface area contributed by atoms with Crippen LogP contribution in [0.2, 0.25) is 0 Å². The van der Waals surface area contributed by atoms with Crippen LogP contribution < -0.4 is 26.0 Å². The van der Waals surface area contributed by atoms with Gasteiger partial charge in [-0.2, -0.15) is 15.0 Å². The Kier molecular flexibility index (Phi) is 7.00. The minimum absolute atomic E-state index is 0.171. The van der Waals surface area contributed by atoms with E-state index in [9.17, 15) is 4.39 Å². The van der Waals surface area contributed by atoms with Gasteiger partial charge < -0.3 is 30.4 Å². The van der Waals surface area contributed by atoms with Crippen LogP contribution in [0.5, 0.6) is 5.75 Å². The van der Waals surface area contributed by atoms with Crippen LogP contribution in [-0.2, 0) is 6.54 Å². The third-order valence-electron chi connectivity index (χ3n) is 5.38. The average molecular weight is 442 g/mol. The molecule has 2 atom stereocenters. The number of furan rings is 1. The van der Waals surface area contributed by atoms with Crippen molar-refractivity contribution >= 4 is 23.5 Å². The minimum atomic E-state index is -0.473. The van der Waals surface area contributed by atoms with E-state index in [0.29, 0.717) is 36.1 Å². The van der Waals surface area contributed by atoms with Crippen molar-refractivity contribution in [3.63, 3.8) is 0 Å². The fraction of sp³-hybridized carbons (Fsp3) is 0.409. The van der Waals surface area contributed by atoms with Gasteiger partial charge in [0, 0.05) is 23.8 Å². The van der Waals surface area contributed by atoms with Crippen LogP contribution in [0.3, 0.4) is 0 Å². The standard InChI is InChI=1S/C22H28FN7O2/c1-3-17(18-7-4-10-24-18)27-22-29-20(25-13-15-6-5-11-32-15)28-21(30-22)26-14-8-9-19(31-2)16(23)12-14/h5-6,8-9,11-12,17-18,24H,3-4,7,10,13H2,1-2H3,(H3,25,26,27,28,29,30). The van der Waals surface area contributed by atoms with E-state index in [4.69, 9.17) is 9.15 Å². The average Bonchev–Trinajstić information content (AvgIpc) is 3.50. The van der Waals surface area contributed by atoms with Crippen LogP contribution in [-0.4, -0.2) is 40.7 Å². The highest BCUT2D eigenvalue weighted by atomic mass is 19.1. The van der Waals surface area contributed by atoms with Gasteiger partial charge in [-0.1, -0.05) is 6.92 Å². The van der Waals surface area contributed by atoms with E-state index >= 15 is 0 Å². The lowest BCUT2D eigenvalue weighted by Crippen LogP contribution is -2.40. The Labute approximate surface area is 186 Å². The second kappa shape index (κ2) is 10.3. The van der Waals surface area contributed by atoms with Crippen LogP contribution >= 0.6 is 0 Å². The maximum absolute atomic E-state index is 14.1. The summed E-state index contributed by atoms with van der Waals surface area (Å²) in [6.07, 6.45) is 4.80. The first-order valence-electron chi connectivity index (χ1n) is 10.8. The summed E-state index contributed by atoms with van der Waals surface area (Å²) < 4.78 is 24.5. The third-order valence-corrected chi connectivity index (χ3v) is 5.38. The highest BCUT2D eigenvalue weighted by molar-refractivity contribution is 5.57. The summed E-state index contributed by atoms with van der Waals surface area (Å²) in [6, 6.07) is 8.82. The van der Waals surface area contributed by atoms with Gasteiger partial charge in [-0.15, -0.1) is 0 Å². The Morgan fingerprint density at radius 2 is 2.06 bits per heavy atom. The lowest BCUT2D eigenvalue weighted by molar-refractivity contribution is 0.386. The zero-order valence-electron chi connectivity index (χ0n) is 18.2. The number of hydrogen-bond donors (Lipinski definition) is 4. The molecule has 0 bridgehead atoms. The Morgan fingerprint density at radius 1 is 1.22 bits per heavy atom. The van der Waals surface area contributed by atoms with Crippen LogP contribution in [0.25, 0.3) is 0 Å². The van der Waals surface area contributed by atoms with Crippen molar-refractivity contribution in [3.8, 4) is 5.75 Å². The predicted molar refractivity (Wildman–Crippen MR) is 121 cm³/mol. The van der Waals surface area contributed by atoms with E-state index in [1.54, 1.807) is 18.4 Å². The van der Waals surface area contributed by atoms with Gasteiger partial charge in [-0.05, 0) is 50.1 Å². The summed E-state index contributed by atoms with van der Waals surface area (Å²) in [5, 5.41) is 13.2. The molecule has 4 N–H and O–H groups in total. The summed E-state index contributed by atoms with van der Waals surface area (Å²) in [4.78, 5) is 13.5. The number of anilines is 4. The highest BCUT2D eigenvalue weighted by Crippen LogP contribution is 2.24. The molecule has 32 heavy (non-hydrogen) atoms. The van der Waals surface area contributed by atoms with E-state index in [2.05, 4.69) is 43.1 Å². The van der Waals surface area contributed by atoms with Crippen LogP contribution in [0.1, 0.15) is 31.9 Å². The topological polar surface area (TPSA) is 109 Å². The molecule has 1 aliphatic heterocycles. The first-order chi connectivity index (χ1) is 15.6. The molecule has 2 unspecified atom stereocenters. The van der Waals surface area contributed by atoms with Gasteiger partial charge in [0.05, 0.1) is 19.9 Å². The summed E-state index contributed by atoms with van der Waals surface area (Å²) in [5.41, 5.74) is 0.502. The van der Waals surface area contributed by atoms with Crippen molar-refractivity contribution < 1.29 is 13.5 Å². The number of benzene rings is 1. The second-order valence-corrected chi connectivity index (χ2v) is 7.58. The van der Waals surface area contributed by atoms with E-state index in [-0.39, 0.29) is 11.8 Å². The van der Waals surface area contributed by atoms with Gasteiger partial charge in [0.1, 0.15) is 5.76 Å². The van der Waals surface area contributed by atoms with Crippen molar-refractivity contribution in [2.45, 2.75) is 44.8 Å². The smallest absolute Gasteiger partial charge is 0.233 e. The Bertz CT molecular complexity index is 1010. The number of methoxy groups -OCH3 is 1. The van der Waals surface area contributed by atoms with Gasteiger partial charge in [-0.25, -0.2) is 4.39 Å². The lowest BCUT2D eigenvalue weighted by atomic mass is 10.0. The summed E-state index contributed by atoms with van der Waals surface area (Å²) in [7, 11) is 1.43. The van der Waals surface area contributed by atoms with E-state index in [0.717, 1.165) is 31.6 Å². The fourth-order valence-corrected chi connectivity index (χ4v) is 3.74. The van der Waals surface area contributed by atoms with E-state index < -0.39 is 5.82 Å². The van der Waals surface area contributed by atoms with Crippen molar-refractivity contribution in [1.82, 2.24) is 20.3 Å². The number of rotatable bonds is 10. The monoisotopic (exact) mass is 441 g/mol. The maximum Gasteiger partial charge on any atom is 0.233 e. The second-order valence-electron chi connectivity index (χ2n) is 7.58. The first kappa shape index (κ1) is 21.8. The quantitative estimate of drug-likeness (QED) is 0.372. The Balaban J connectivity index is 1.56. The Morgan fingerprint density at radius 3 is 2.75 bits per heavy atom. The number of nitrogens with one attached hydrogen (secondary N) is 4. The molecule has 10 heteroatoms. The molecular formula is C22H28FN7O2. The zero-order chi connectivity index (χ0) is 22.3. The molecule has 0 radical (unpaired) electrons. The number of ether oxygens (including phenoxy) is 1. The van der Waals surface area contributed by atoms with Gasteiger partial charge in [-0.3, -0.25) is 0 Å². The van der Waals surface area contributed by atoms with Crippen molar-refractivity contribution in [3.05, 3.63) is 48.2 Å². The molecule has 9 nitrogen and oxygen atoms in total. The number of halogens is 1. The van der Waals surface area contributed by atoms with Crippen molar-refractivity contribution in [2.75, 3.05) is 29.6 Å². The first-order valence-corrected chi connectivity index (χ1v) is 10.8.